The minimum atomic E-state index is -0.432. The molecule has 5 heteroatoms. The number of allylic oxidation sites excluding steroid dienone is 1. The van der Waals surface area contributed by atoms with Crippen LogP contribution >= 0.6 is 0 Å². The van der Waals surface area contributed by atoms with E-state index in [-0.39, 0.29) is 5.88 Å². The molecule has 2 aromatic carbocycles. The van der Waals surface area contributed by atoms with Crippen LogP contribution in [0.15, 0.2) is 82.7 Å². The van der Waals surface area contributed by atoms with Gasteiger partial charge in [0.2, 0.25) is 11.8 Å². The van der Waals surface area contributed by atoms with Crippen LogP contribution in [0, 0.1) is 11.3 Å². The number of nitrogens with zero attached hydrogens (tertiary/aromatic N) is 2. The van der Waals surface area contributed by atoms with Crippen molar-refractivity contribution in [2.45, 2.75) is 5.92 Å². The summed E-state index contributed by atoms with van der Waals surface area (Å²) in [5.74, 6) is -0.0490. The summed E-state index contributed by atoms with van der Waals surface area (Å²) >= 11 is 0. The molecule has 0 radical (unpaired) electrons. The Hall–Kier alpha value is -3.52. The number of hydrogen-bond acceptors (Lipinski definition) is 5. The fourth-order valence-electron chi connectivity index (χ4n) is 2.93. The molecule has 0 fully saturated rings. The number of ether oxygens (including phenoxy) is 1. The molecule has 4 N–H and O–H groups in total. The average molecular weight is 330 g/mol. The highest BCUT2D eigenvalue weighted by atomic mass is 16.5. The first-order valence-electron chi connectivity index (χ1n) is 7.82. The predicted molar refractivity (Wildman–Crippen MR) is 98.0 cm³/mol. The Morgan fingerprint density at radius 1 is 1.08 bits per heavy atom. The molecule has 0 amide bonds. The Balaban J connectivity index is 2.31. The quantitative estimate of drug-likeness (QED) is 0.884. The first kappa shape index (κ1) is 16.3. The molecule has 124 valence electrons. The summed E-state index contributed by atoms with van der Waals surface area (Å²) in [5.41, 5.74) is 15.7. The van der Waals surface area contributed by atoms with E-state index in [0.29, 0.717) is 22.7 Å². The van der Waals surface area contributed by atoms with Gasteiger partial charge in [-0.2, -0.15) is 5.26 Å². The van der Waals surface area contributed by atoms with Crippen molar-refractivity contribution < 1.29 is 4.74 Å². The first-order chi connectivity index (χ1) is 12.2. The van der Waals surface area contributed by atoms with E-state index in [4.69, 9.17) is 16.2 Å². The Kier molecular flexibility index (Phi) is 4.53. The van der Waals surface area contributed by atoms with Gasteiger partial charge in [-0.25, -0.2) is 0 Å². The van der Waals surface area contributed by atoms with E-state index in [9.17, 15) is 5.26 Å². The van der Waals surface area contributed by atoms with Gasteiger partial charge in [0.1, 0.15) is 11.6 Å². The van der Waals surface area contributed by atoms with Gasteiger partial charge in [-0.1, -0.05) is 60.7 Å². The number of nitrogens with two attached hydrogens (primary N) is 2. The highest BCUT2D eigenvalue weighted by Gasteiger charge is 2.35. The van der Waals surface area contributed by atoms with Crippen LogP contribution in [0.3, 0.4) is 0 Å². The molecule has 1 aliphatic rings. The van der Waals surface area contributed by atoms with Crippen molar-refractivity contribution in [2.75, 3.05) is 7.05 Å². The molecule has 1 atom stereocenters. The second kappa shape index (κ2) is 6.93. The molecule has 0 saturated heterocycles. The zero-order chi connectivity index (χ0) is 17.8. The van der Waals surface area contributed by atoms with Crippen molar-refractivity contribution in [3.63, 3.8) is 0 Å². The van der Waals surface area contributed by atoms with Gasteiger partial charge < -0.3 is 16.2 Å². The smallest absolute Gasteiger partial charge is 0.222 e. The fraction of sp³-hybridized carbons (Fsp3) is 0.100. The largest absolute Gasteiger partial charge is 0.422 e. The van der Waals surface area contributed by atoms with Crippen molar-refractivity contribution in [3.8, 4) is 6.07 Å². The van der Waals surface area contributed by atoms with Crippen molar-refractivity contribution in [3.05, 3.63) is 88.8 Å². The fourth-order valence-corrected chi connectivity index (χ4v) is 2.93. The van der Waals surface area contributed by atoms with E-state index in [1.54, 1.807) is 7.05 Å². The van der Waals surface area contributed by atoms with Gasteiger partial charge in [-0.05, 0) is 11.1 Å². The Morgan fingerprint density at radius 3 is 2.24 bits per heavy atom. The zero-order valence-corrected chi connectivity index (χ0v) is 13.8. The molecular weight excluding hydrogens is 312 g/mol. The highest BCUT2D eigenvalue weighted by molar-refractivity contribution is 6.04. The van der Waals surface area contributed by atoms with Crippen LogP contribution in [-0.2, 0) is 4.74 Å². The maximum atomic E-state index is 9.65. The van der Waals surface area contributed by atoms with Crippen LogP contribution in [0.2, 0.25) is 0 Å². The third kappa shape index (κ3) is 2.98. The standard InChI is InChI=1S/C20H18N4O/c1-24-20-17(18(22)14-10-6-3-7-11-14)16(13-8-4-2-5-9-13)15(12-21)19(23)25-20/h2-11,16H,22-23H2,1H3/b18-17-,24-20?. The third-order valence-electron chi connectivity index (χ3n) is 4.11. The predicted octanol–water partition coefficient (Wildman–Crippen LogP) is 2.89. The summed E-state index contributed by atoms with van der Waals surface area (Å²) in [5, 5.41) is 9.65. The number of aliphatic imine (C=N–C) groups is 1. The monoisotopic (exact) mass is 330 g/mol. The minimum Gasteiger partial charge on any atom is -0.422 e. The molecule has 2 aromatic rings. The van der Waals surface area contributed by atoms with Gasteiger partial charge in [-0.3, -0.25) is 4.99 Å². The lowest BCUT2D eigenvalue weighted by Gasteiger charge is -2.29. The molecule has 1 heterocycles. The minimum absolute atomic E-state index is 0.0570. The normalized spacial score (nSPS) is 20.8. The van der Waals surface area contributed by atoms with Crippen LogP contribution in [0.25, 0.3) is 5.70 Å². The summed E-state index contributed by atoms with van der Waals surface area (Å²) in [6.45, 7) is 0. The number of benzene rings is 2. The second-order valence-corrected chi connectivity index (χ2v) is 5.56. The van der Waals surface area contributed by atoms with E-state index in [1.807, 2.05) is 60.7 Å². The molecular formula is C20H18N4O. The summed E-state index contributed by atoms with van der Waals surface area (Å²) in [6, 6.07) is 21.3. The zero-order valence-electron chi connectivity index (χ0n) is 13.8. The number of hydrogen-bond donors (Lipinski definition) is 2. The molecule has 3 rings (SSSR count). The lowest BCUT2D eigenvalue weighted by atomic mass is 9.81. The maximum absolute atomic E-state index is 9.65. The van der Waals surface area contributed by atoms with E-state index in [2.05, 4.69) is 11.1 Å². The van der Waals surface area contributed by atoms with Gasteiger partial charge in [0.25, 0.3) is 0 Å². The Labute approximate surface area is 146 Å². The molecule has 1 unspecified atom stereocenters. The van der Waals surface area contributed by atoms with Crippen LogP contribution in [-0.4, -0.2) is 12.9 Å². The van der Waals surface area contributed by atoms with Gasteiger partial charge in [-0.15, -0.1) is 0 Å². The van der Waals surface area contributed by atoms with Crippen molar-refractivity contribution in [1.29, 1.82) is 5.26 Å². The molecule has 1 aliphatic heterocycles. The Bertz CT molecular complexity index is 906. The van der Waals surface area contributed by atoms with Gasteiger partial charge in [0, 0.05) is 12.7 Å². The van der Waals surface area contributed by atoms with Crippen molar-refractivity contribution >= 4 is 11.6 Å². The van der Waals surface area contributed by atoms with Crippen LogP contribution < -0.4 is 11.5 Å². The second-order valence-electron chi connectivity index (χ2n) is 5.56. The van der Waals surface area contributed by atoms with E-state index in [1.165, 1.54) is 0 Å². The van der Waals surface area contributed by atoms with Gasteiger partial charge in [0.05, 0.1) is 11.5 Å². The van der Waals surface area contributed by atoms with E-state index < -0.39 is 5.92 Å². The highest BCUT2D eigenvalue weighted by Crippen LogP contribution is 2.40. The van der Waals surface area contributed by atoms with Crippen molar-refractivity contribution in [1.82, 2.24) is 0 Å². The topological polar surface area (TPSA) is 97.4 Å². The van der Waals surface area contributed by atoms with E-state index in [0.717, 1.165) is 11.1 Å². The maximum Gasteiger partial charge on any atom is 0.222 e. The Morgan fingerprint density at radius 2 is 1.68 bits per heavy atom. The summed E-state index contributed by atoms with van der Waals surface area (Å²) in [6.07, 6.45) is 0. The third-order valence-corrected chi connectivity index (χ3v) is 4.11. The summed E-state index contributed by atoms with van der Waals surface area (Å²) < 4.78 is 5.59. The van der Waals surface area contributed by atoms with Gasteiger partial charge >= 0.3 is 0 Å². The van der Waals surface area contributed by atoms with Gasteiger partial charge in [0.15, 0.2) is 0 Å². The molecule has 0 spiro atoms. The summed E-state index contributed by atoms with van der Waals surface area (Å²) in [7, 11) is 1.61. The van der Waals surface area contributed by atoms with Crippen LogP contribution in [0.4, 0.5) is 0 Å². The molecule has 5 nitrogen and oxygen atoms in total. The van der Waals surface area contributed by atoms with Crippen molar-refractivity contribution in [2.24, 2.45) is 16.5 Å². The molecule has 0 saturated carbocycles. The SMILES string of the molecule is CN=C1OC(N)=C(C#N)C(c2ccccc2)/C1=C(/N)c1ccccc1. The molecule has 25 heavy (non-hydrogen) atoms. The molecule has 0 aromatic heterocycles. The van der Waals surface area contributed by atoms with Crippen LogP contribution in [0.5, 0.6) is 0 Å². The number of rotatable bonds is 2. The molecule has 0 bridgehead atoms. The summed E-state index contributed by atoms with van der Waals surface area (Å²) in [4.78, 5) is 4.20. The lowest BCUT2D eigenvalue weighted by Crippen LogP contribution is -2.29. The van der Waals surface area contributed by atoms with E-state index >= 15 is 0 Å². The first-order valence-corrected chi connectivity index (χ1v) is 7.82. The molecule has 0 aliphatic carbocycles. The number of nitriles is 1. The van der Waals surface area contributed by atoms with Crippen LogP contribution in [0.1, 0.15) is 17.0 Å². The lowest BCUT2D eigenvalue weighted by molar-refractivity contribution is 0.387. The average Bonchev–Trinajstić information content (AvgIpc) is 2.67.